The van der Waals surface area contributed by atoms with Crippen molar-refractivity contribution in [1.29, 1.82) is 0 Å². The predicted octanol–water partition coefficient (Wildman–Crippen LogP) is 4.85. The Morgan fingerprint density at radius 3 is 2.39 bits per heavy atom. The van der Waals surface area contributed by atoms with Crippen LogP contribution < -0.4 is 0 Å². The van der Waals surface area contributed by atoms with Gasteiger partial charge >= 0.3 is 0 Å². The summed E-state index contributed by atoms with van der Waals surface area (Å²) in [5.41, 5.74) is 0.910. The average molecular weight is 326 g/mol. The largest absolute Gasteiger partial charge is 0.384 e. The van der Waals surface area contributed by atoms with Gasteiger partial charge in [0.15, 0.2) is 11.6 Å². The minimum absolute atomic E-state index is 0.0971. The van der Waals surface area contributed by atoms with Crippen LogP contribution in [0, 0.1) is 17.6 Å². The fraction of sp³-hybridized carbons (Fsp3) is 0.684. The summed E-state index contributed by atoms with van der Waals surface area (Å²) < 4.78 is 39.3. The lowest BCUT2D eigenvalue weighted by Crippen LogP contribution is -2.23. The first-order chi connectivity index (χ1) is 11.0. The second kappa shape index (κ2) is 8.74. The van der Waals surface area contributed by atoms with Crippen molar-refractivity contribution >= 4 is 0 Å². The van der Waals surface area contributed by atoms with Crippen LogP contribution in [0.3, 0.4) is 0 Å². The molecule has 0 aliphatic heterocycles. The highest BCUT2D eigenvalue weighted by atomic mass is 19.2. The van der Waals surface area contributed by atoms with E-state index in [0.29, 0.717) is 30.1 Å². The number of rotatable bonds is 7. The fourth-order valence-corrected chi connectivity index (χ4v) is 3.19. The molecule has 0 amide bonds. The van der Waals surface area contributed by atoms with E-state index in [4.69, 9.17) is 9.47 Å². The molecule has 0 saturated heterocycles. The molecule has 0 radical (unpaired) electrons. The van der Waals surface area contributed by atoms with Crippen molar-refractivity contribution in [3.63, 3.8) is 0 Å². The van der Waals surface area contributed by atoms with Gasteiger partial charge in [-0.1, -0.05) is 26.0 Å². The Morgan fingerprint density at radius 2 is 1.78 bits per heavy atom. The highest BCUT2D eigenvalue weighted by Gasteiger charge is 2.26. The van der Waals surface area contributed by atoms with E-state index in [9.17, 15) is 8.78 Å². The molecule has 1 saturated carbocycles. The molecule has 2 nitrogen and oxygen atoms in total. The Labute approximate surface area is 138 Å². The van der Waals surface area contributed by atoms with Crippen LogP contribution in [0.1, 0.15) is 56.6 Å². The monoisotopic (exact) mass is 326 g/mol. The van der Waals surface area contributed by atoms with Crippen LogP contribution in [-0.4, -0.2) is 26.4 Å². The van der Waals surface area contributed by atoms with E-state index in [1.807, 2.05) is 0 Å². The summed E-state index contributed by atoms with van der Waals surface area (Å²) in [5, 5.41) is 0. The number of hydrogen-bond donors (Lipinski definition) is 0. The topological polar surface area (TPSA) is 18.5 Å². The van der Waals surface area contributed by atoms with Crippen molar-refractivity contribution in [3.05, 3.63) is 34.9 Å². The molecule has 23 heavy (non-hydrogen) atoms. The summed E-state index contributed by atoms with van der Waals surface area (Å²) in [5.74, 6) is -0.762. The van der Waals surface area contributed by atoms with E-state index in [1.165, 1.54) is 0 Å². The molecular weight excluding hydrogens is 298 g/mol. The van der Waals surface area contributed by atoms with Crippen LogP contribution >= 0.6 is 0 Å². The molecule has 2 rings (SSSR count). The van der Waals surface area contributed by atoms with Gasteiger partial charge in [-0.3, -0.25) is 0 Å². The van der Waals surface area contributed by atoms with Gasteiger partial charge < -0.3 is 9.47 Å². The lowest BCUT2D eigenvalue weighted by atomic mass is 9.82. The number of hydrogen-bond acceptors (Lipinski definition) is 2. The molecule has 0 unspecified atom stereocenters. The van der Waals surface area contributed by atoms with E-state index >= 15 is 0 Å². The lowest BCUT2D eigenvalue weighted by molar-refractivity contribution is 0.0102. The normalized spacial score (nSPS) is 21.8. The van der Waals surface area contributed by atoms with Crippen LogP contribution in [0.5, 0.6) is 0 Å². The summed E-state index contributed by atoms with van der Waals surface area (Å²) >= 11 is 0. The smallest absolute Gasteiger partial charge is 0.162 e. The molecule has 0 spiro atoms. The van der Waals surface area contributed by atoms with Gasteiger partial charge in [-0.15, -0.1) is 0 Å². The van der Waals surface area contributed by atoms with Crippen molar-refractivity contribution < 1.29 is 18.3 Å². The van der Waals surface area contributed by atoms with E-state index in [1.54, 1.807) is 19.2 Å². The van der Waals surface area contributed by atoms with Crippen molar-refractivity contribution in [2.24, 2.45) is 5.92 Å². The van der Waals surface area contributed by atoms with E-state index in [0.717, 1.165) is 32.3 Å². The van der Waals surface area contributed by atoms with Crippen LogP contribution in [0.4, 0.5) is 8.78 Å². The molecule has 0 atom stereocenters. The van der Waals surface area contributed by atoms with Gasteiger partial charge in [-0.25, -0.2) is 8.78 Å². The van der Waals surface area contributed by atoms with Crippen LogP contribution in [0.25, 0.3) is 0 Å². The van der Waals surface area contributed by atoms with Gasteiger partial charge in [0.05, 0.1) is 12.7 Å². The maximum atomic E-state index is 14.4. The molecular formula is C19H28F2O2. The Bertz CT molecular complexity index is 494. The quantitative estimate of drug-likeness (QED) is 0.713. The molecule has 1 aliphatic carbocycles. The number of halogens is 2. The SMILES string of the molecule is COCCc1ccc(C2CCC(OCC(C)C)CC2)c(F)c1F. The standard InChI is InChI=1S/C19H28F2O2/c1-13(2)12-23-16-7-4-14(5-8-16)17-9-6-15(10-11-22-3)18(20)19(17)21/h6,9,13-14,16H,4-5,7-8,10-12H2,1-3H3. The van der Waals surface area contributed by atoms with E-state index in [-0.39, 0.29) is 12.0 Å². The molecule has 0 heterocycles. The Balaban J connectivity index is 1.96. The zero-order chi connectivity index (χ0) is 16.8. The first kappa shape index (κ1) is 18.3. The molecule has 4 heteroatoms. The molecule has 0 aromatic heterocycles. The predicted molar refractivity (Wildman–Crippen MR) is 87.7 cm³/mol. The third kappa shape index (κ3) is 4.98. The first-order valence-electron chi connectivity index (χ1n) is 8.60. The van der Waals surface area contributed by atoms with Gasteiger partial charge in [-0.2, -0.15) is 0 Å². The second-order valence-corrected chi connectivity index (χ2v) is 6.89. The molecule has 130 valence electrons. The molecule has 0 bridgehead atoms. The van der Waals surface area contributed by atoms with Gasteiger partial charge in [0.2, 0.25) is 0 Å². The summed E-state index contributed by atoms with van der Waals surface area (Å²) in [6, 6.07) is 3.46. The first-order valence-corrected chi connectivity index (χ1v) is 8.60. The summed E-state index contributed by atoms with van der Waals surface area (Å²) in [4.78, 5) is 0. The Morgan fingerprint density at radius 1 is 1.09 bits per heavy atom. The minimum atomic E-state index is -0.710. The molecule has 1 aromatic rings. The highest BCUT2D eigenvalue weighted by Crippen LogP contribution is 2.36. The molecule has 1 aliphatic rings. The van der Waals surface area contributed by atoms with Crippen molar-refractivity contribution in [1.82, 2.24) is 0 Å². The number of ether oxygens (including phenoxy) is 2. The number of benzene rings is 1. The summed E-state index contributed by atoms with van der Waals surface area (Å²) in [6.07, 6.45) is 4.22. The minimum Gasteiger partial charge on any atom is -0.384 e. The third-order valence-corrected chi connectivity index (χ3v) is 4.55. The van der Waals surface area contributed by atoms with Crippen LogP contribution in [0.2, 0.25) is 0 Å². The van der Waals surface area contributed by atoms with Crippen molar-refractivity contribution in [2.75, 3.05) is 20.3 Å². The Hall–Kier alpha value is -1.00. The van der Waals surface area contributed by atoms with Gasteiger partial charge in [0, 0.05) is 13.7 Å². The summed E-state index contributed by atoms with van der Waals surface area (Å²) in [6.45, 7) is 5.43. The van der Waals surface area contributed by atoms with E-state index < -0.39 is 11.6 Å². The van der Waals surface area contributed by atoms with E-state index in [2.05, 4.69) is 13.8 Å². The highest BCUT2D eigenvalue weighted by molar-refractivity contribution is 5.29. The van der Waals surface area contributed by atoms with Gasteiger partial charge in [0.25, 0.3) is 0 Å². The number of methoxy groups -OCH3 is 1. The zero-order valence-electron chi connectivity index (χ0n) is 14.4. The average Bonchev–Trinajstić information content (AvgIpc) is 2.55. The van der Waals surface area contributed by atoms with Crippen LogP contribution in [0.15, 0.2) is 12.1 Å². The maximum Gasteiger partial charge on any atom is 0.162 e. The Kier molecular flexibility index (Phi) is 6.97. The van der Waals surface area contributed by atoms with Crippen molar-refractivity contribution in [3.8, 4) is 0 Å². The second-order valence-electron chi connectivity index (χ2n) is 6.89. The van der Waals surface area contributed by atoms with Gasteiger partial charge in [0.1, 0.15) is 0 Å². The fourth-order valence-electron chi connectivity index (χ4n) is 3.19. The van der Waals surface area contributed by atoms with Crippen LogP contribution in [-0.2, 0) is 15.9 Å². The molecule has 1 aromatic carbocycles. The van der Waals surface area contributed by atoms with Crippen molar-refractivity contribution in [2.45, 2.75) is 58.0 Å². The third-order valence-electron chi connectivity index (χ3n) is 4.55. The maximum absolute atomic E-state index is 14.4. The van der Waals surface area contributed by atoms with Gasteiger partial charge in [-0.05, 0) is 55.1 Å². The summed E-state index contributed by atoms with van der Waals surface area (Å²) in [7, 11) is 1.56. The zero-order valence-corrected chi connectivity index (χ0v) is 14.4. The molecule has 0 N–H and O–H groups in total. The lowest BCUT2D eigenvalue weighted by Gasteiger charge is -2.29. The molecule has 1 fully saturated rings.